The zero-order valence-corrected chi connectivity index (χ0v) is 14.3. The summed E-state index contributed by atoms with van der Waals surface area (Å²) in [6.45, 7) is 6.85. The Balaban J connectivity index is 1.75. The molecule has 1 unspecified atom stereocenters. The van der Waals surface area contributed by atoms with E-state index >= 15 is 0 Å². The smallest absolute Gasteiger partial charge is 0.253 e. The van der Waals surface area contributed by atoms with Gasteiger partial charge in [0.15, 0.2) is 0 Å². The Morgan fingerprint density at radius 3 is 2.96 bits per heavy atom. The van der Waals surface area contributed by atoms with E-state index < -0.39 is 0 Å². The van der Waals surface area contributed by atoms with Gasteiger partial charge in [0, 0.05) is 36.0 Å². The second-order valence-corrected chi connectivity index (χ2v) is 6.00. The highest BCUT2D eigenvalue weighted by Gasteiger charge is 2.22. The molecular weight excluding hydrogens is 304 g/mol. The number of pyridine rings is 1. The van der Waals surface area contributed by atoms with Gasteiger partial charge in [0.2, 0.25) is 0 Å². The molecule has 24 heavy (non-hydrogen) atoms. The van der Waals surface area contributed by atoms with E-state index in [0.717, 1.165) is 34.7 Å². The van der Waals surface area contributed by atoms with Gasteiger partial charge >= 0.3 is 0 Å². The van der Waals surface area contributed by atoms with Gasteiger partial charge in [0.1, 0.15) is 17.6 Å². The van der Waals surface area contributed by atoms with Gasteiger partial charge < -0.3 is 14.8 Å². The highest BCUT2D eigenvalue weighted by molar-refractivity contribution is 5.93. The fourth-order valence-corrected chi connectivity index (χ4v) is 2.79. The number of aryl methyl sites for hydroxylation is 1. The summed E-state index contributed by atoms with van der Waals surface area (Å²) in [7, 11) is 0. The topological polar surface area (TPSA) is 60.5 Å². The third kappa shape index (κ3) is 3.50. The Morgan fingerprint density at radius 1 is 1.42 bits per heavy atom. The van der Waals surface area contributed by atoms with Crippen molar-refractivity contribution in [1.82, 2.24) is 10.3 Å². The van der Waals surface area contributed by atoms with E-state index in [0.29, 0.717) is 18.7 Å². The molecule has 1 aliphatic heterocycles. The minimum absolute atomic E-state index is 0.153. The molecule has 5 nitrogen and oxygen atoms in total. The van der Waals surface area contributed by atoms with Crippen LogP contribution >= 0.6 is 0 Å². The monoisotopic (exact) mass is 326 g/mol. The molecule has 2 aromatic rings. The summed E-state index contributed by atoms with van der Waals surface area (Å²) in [5, 5.41) is 2.92. The van der Waals surface area contributed by atoms with Crippen molar-refractivity contribution < 1.29 is 14.3 Å². The zero-order valence-electron chi connectivity index (χ0n) is 14.3. The van der Waals surface area contributed by atoms with Crippen molar-refractivity contribution in [3.63, 3.8) is 0 Å². The fraction of sp³-hybridized carbons (Fsp3) is 0.368. The highest BCUT2D eigenvalue weighted by Crippen LogP contribution is 2.35. The van der Waals surface area contributed by atoms with Gasteiger partial charge in [0.25, 0.3) is 5.91 Å². The Kier molecular flexibility index (Phi) is 4.69. The van der Waals surface area contributed by atoms with Crippen LogP contribution in [0, 0.1) is 6.92 Å². The van der Waals surface area contributed by atoms with Crippen LogP contribution in [-0.4, -0.2) is 23.6 Å². The average molecular weight is 326 g/mol. The van der Waals surface area contributed by atoms with Crippen LogP contribution in [0.4, 0.5) is 0 Å². The van der Waals surface area contributed by atoms with Gasteiger partial charge in [-0.25, -0.2) is 0 Å². The fourth-order valence-electron chi connectivity index (χ4n) is 2.79. The number of aromatic nitrogens is 1. The maximum atomic E-state index is 12.3. The Hall–Kier alpha value is -2.56. The summed E-state index contributed by atoms with van der Waals surface area (Å²) < 4.78 is 11.5. The molecule has 1 aromatic heterocycles. The predicted octanol–water partition coefficient (Wildman–Crippen LogP) is 3.04. The number of fused-ring (bicyclic) bond motifs is 1. The lowest BCUT2D eigenvalue weighted by Gasteiger charge is -2.13. The van der Waals surface area contributed by atoms with Crippen molar-refractivity contribution in [2.24, 2.45) is 0 Å². The summed E-state index contributed by atoms with van der Waals surface area (Å²) in [5.41, 5.74) is 3.50. The van der Waals surface area contributed by atoms with Crippen LogP contribution in [0.2, 0.25) is 0 Å². The second kappa shape index (κ2) is 6.91. The molecule has 0 saturated heterocycles. The number of benzene rings is 1. The number of nitrogens with one attached hydrogen (secondary N) is 1. The highest BCUT2D eigenvalue weighted by atomic mass is 16.5. The number of carbonyl (C=O) groups is 1. The van der Waals surface area contributed by atoms with E-state index in [2.05, 4.69) is 10.3 Å². The Labute approximate surface area is 142 Å². The van der Waals surface area contributed by atoms with Crippen molar-refractivity contribution in [3.8, 4) is 11.5 Å². The van der Waals surface area contributed by atoms with Gasteiger partial charge in [-0.15, -0.1) is 0 Å². The normalized spacial score (nSPS) is 15.5. The van der Waals surface area contributed by atoms with Crippen molar-refractivity contribution in [1.29, 1.82) is 0 Å². The molecule has 1 aliphatic rings. The third-order valence-electron chi connectivity index (χ3n) is 3.99. The SMILES string of the molecule is CCOc1cc2c(cc1CNC(=O)c1ccc(C)nc1)OC(C)C2. The van der Waals surface area contributed by atoms with E-state index in [-0.39, 0.29) is 12.0 Å². The number of amides is 1. The van der Waals surface area contributed by atoms with Crippen LogP contribution in [0.3, 0.4) is 0 Å². The summed E-state index contributed by atoms with van der Waals surface area (Å²) in [6, 6.07) is 7.59. The summed E-state index contributed by atoms with van der Waals surface area (Å²) in [5.74, 6) is 1.53. The number of rotatable bonds is 5. The molecule has 0 aliphatic carbocycles. The lowest BCUT2D eigenvalue weighted by atomic mass is 10.1. The molecule has 0 bridgehead atoms. The van der Waals surface area contributed by atoms with Gasteiger partial charge in [0.05, 0.1) is 12.2 Å². The van der Waals surface area contributed by atoms with Gasteiger partial charge in [-0.05, 0) is 45.0 Å². The van der Waals surface area contributed by atoms with Crippen molar-refractivity contribution in [3.05, 3.63) is 52.8 Å². The van der Waals surface area contributed by atoms with Gasteiger partial charge in [-0.2, -0.15) is 0 Å². The number of nitrogens with zero attached hydrogens (tertiary/aromatic N) is 1. The van der Waals surface area contributed by atoms with Gasteiger partial charge in [-0.1, -0.05) is 0 Å². The standard InChI is InChI=1S/C19H22N2O3/c1-4-23-17-8-15-7-13(3)24-18(15)9-16(17)11-21-19(22)14-6-5-12(2)20-10-14/h5-6,8-10,13H,4,7,11H2,1-3H3,(H,21,22). The molecule has 5 heteroatoms. The lowest BCUT2D eigenvalue weighted by molar-refractivity contribution is 0.0950. The zero-order chi connectivity index (χ0) is 17.1. The van der Waals surface area contributed by atoms with Crippen molar-refractivity contribution >= 4 is 5.91 Å². The predicted molar refractivity (Wildman–Crippen MR) is 91.5 cm³/mol. The van der Waals surface area contributed by atoms with Crippen LogP contribution in [-0.2, 0) is 13.0 Å². The number of hydrogen-bond acceptors (Lipinski definition) is 4. The average Bonchev–Trinajstić information content (AvgIpc) is 2.92. The first kappa shape index (κ1) is 16.3. The van der Waals surface area contributed by atoms with Crippen molar-refractivity contribution in [2.45, 2.75) is 39.8 Å². The first-order chi connectivity index (χ1) is 11.6. The first-order valence-corrected chi connectivity index (χ1v) is 8.23. The molecule has 2 heterocycles. The van der Waals surface area contributed by atoms with Crippen molar-refractivity contribution in [2.75, 3.05) is 6.61 Å². The summed E-state index contributed by atoms with van der Waals surface area (Å²) in [4.78, 5) is 16.4. The molecule has 1 aromatic carbocycles. The molecule has 1 atom stereocenters. The third-order valence-corrected chi connectivity index (χ3v) is 3.99. The number of carbonyl (C=O) groups excluding carboxylic acids is 1. The van der Waals surface area contributed by atoms with Crippen LogP contribution in [0.25, 0.3) is 0 Å². The minimum Gasteiger partial charge on any atom is -0.494 e. The van der Waals surface area contributed by atoms with Crippen LogP contribution < -0.4 is 14.8 Å². The van der Waals surface area contributed by atoms with E-state index in [1.54, 1.807) is 12.3 Å². The Bertz CT molecular complexity index is 741. The molecule has 3 rings (SSSR count). The van der Waals surface area contributed by atoms with E-state index in [1.807, 2.05) is 39.0 Å². The van der Waals surface area contributed by atoms with E-state index in [9.17, 15) is 4.79 Å². The molecule has 0 fully saturated rings. The first-order valence-electron chi connectivity index (χ1n) is 8.23. The lowest BCUT2D eigenvalue weighted by Crippen LogP contribution is -2.23. The molecule has 1 N–H and O–H groups in total. The Morgan fingerprint density at radius 2 is 2.25 bits per heavy atom. The largest absolute Gasteiger partial charge is 0.494 e. The molecule has 0 saturated carbocycles. The quantitative estimate of drug-likeness (QED) is 0.917. The summed E-state index contributed by atoms with van der Waals surface area (Å²) in [6.07, 6.45) is 2.65. The van der Waals surface area contributed by atoms with E-state index in [1.165, 1.54) is 0 Å². The number of ether oxygens (including phenoxy) is 2. The van der Waals surface area contributed by atoms with E-state index in [4.69, 9.17) is 9.47 Å². The maximum absolute atomic E-state index is 12.3. The maximum Gasteiger partial charge on any atom is 0.253 e. The number of hydrogen-bond donors (Lipinski definition) is 1. The molecular formula is C19H22N2O3. The minimum atomic E-state index is -0.153. The van der Waals surface area contributed by atoms with Gasteiger partial charge in [-0.3, -0.25) is 9.78 Å². The van der Waals surface area contributed by atoms with Crippen LogP contribution in [0.5, 0.6) is 11.5 Å². The molecule has 126 valence electrons. The molecule has 0 radical (unpaired) electrons. The molecule has 0 spiro atoms. The van der Waals surface area contributed by atoms with Crippen LogP contribution in [0.1, 0.15) is 41.0 Å². The second-order valence-electron chi connectivity index (χ2n) is 6.00. The molecule has 1 amide bonds. The van der Waals surface area contributed by atoms with Crippen LogP contribution in [0.15, 0.2) is 30.5 Å². The summed E-state index contributed by atoms with van der Waals surface area (Å²) >= 11 is 0.